The lowest BCUT2D eigenvalue weighted by atomic mass is 10.0. The van der Waals surface area contributed by atoms with E-state index >= 15 is 0 Å². The second kappa shape index (κ2) is 7.24. The average molecular weight is 294 g/mol. The lowest BCUT2D eigenvalue weighted by molar-refractivity contribution is 0.0158. The summed E-state index contributed by atoms with van der Waals surface area (Å²) < 4.78 is 5.55. The van der Waals surface area contributed by atoms with Crippen LogP contribution in [0.15, 0.2) is 17.4 Å². The summed E-state index contributed by atoms with van der Waals surface area (Å²) in [6.07, 6.45) is 3.63. The van der Waals surface area contributed by atoms with Gasteiger partial charge in [0.05, 0.1) is 24.9 Å². The van der Waals surface area contributed by atoms with Gasteiger partial charge in [-0.05, 0) is 31.4 Å². The number of oxime groups is 1. The molecule has 1 saturated heterocycles. The number of nitrogens with two attached hydrogens (primary N) is 1. The first kappa shape index (κ1) is 15.5. The van der Waals surface area contributed by atoms with Crippen molar-refractivity contribution < 1.29 is 15.1 Å². The highest BCUT2D eigenvalue weighted by Crippen LogP contribution is 2.25. The van der Waals surface area contributed by atoms with E-state index in [0.717, 1.165) is 37.3 Å². The number of aryl methyl sites for hydroxylation is 1. The molecule has 2 heterocycles. The summed E-state index contributed by atoms with van der Waals surface area (Å²) in [4.78, 5) is 6.52. The number of aromatic nitrogens is 1. The van der Waals surface area contributed by atoms with E-state index in [9.17, 15) is 0 Å². The first-order valence-corrected chi connectivity index (χ1v) is 7.08. The molecule has 116 valence electrons. The second-order valence-corrected chi connectivity index (χ2v) is 5.09. The number of aliphatic hydroxyl groups excluding tert-OH is 1. The molecule has 0 bridgehead atoms. The minimum absolute atomic E-state index is 0.0489. The molecule has 1 aliphatic heterocycles. The van der Waals surface area contributed by atoms with Gasteiger partial charge >= 0.3 is 0 Å². The van der Waals surface area contributed by atoms with Crippen LogP contribution in [0.1, 0.15) is 24.0 Å². The van der Waals surface area contributed by atoms with E-state index in [4.69, 9.17) is 20.8 Å². The van der Waals surface area contributed by atoms with Gasteiger partial charge in [0, 0.05) is 19.3 Å². The maximum Gasteiger partial charge on any atom is 0.174 e. The molecule has 0 aliphatic carbocycles. The van der Waals surface area contributed by atoms with Gasteiger partial charge < -0.3 is 25.7 Å². The summed E-state index contributed by atoms with van der Waals surface area (Å²) in [5.41, 5.74) is 7.38. The quantitative estimate of drug-likeness (QED) is 0.315. The Morgan fingerprint density at radius 1 is 1.52 bits per heavy atom. The topological polar surface area (TPSA) is 104 Å². The number of hydrogen-bond donors (Lipinski definition) is 3. The van der Waals surface area contributed by atoms with E-state index in [1.54, 1.807) is 6.20 Å². The zero-order valence-corrected chi connectivity index (χ0v) is 12.2. The summed E-state index contributed by atoms with van der Waals surface area (Å²) in [5.74, 6) is 0.820. The number of piperidine rings is 1. The Morgan fingerprint density at radius 3 is 2.86 bits per heavy atom. The number of hydrogen-bond acceptors (Lipinski definition) is 6. The van der Waals surface area contributed by atoms with Gasteiger partial charge in [-0.1, -0.05) is 5.16 Å². The number of anilines is 1. The van der Waals surface area contributed by atoms with Crippen molar-refractivity contribution in [2.24, 2.45) is 10.9 Å². The van der Waals surface area contributed by atoms with E-state index in [0.29, 0.717) is 12.2 Å². The number of rotatable bonds is 5. The number of aliphatic hydroxyl groups is 1. The zero-order chi connectivity index (χ0) is 15.2. The normalized spacial score (nSPS) is 17.2. The van der Waals surface area contributed by atoms with Gasteiger partial charge in [-0.3, -0.25) is 0 Å². The summed E-state index contributed by atoms with van der Waals surface area (Å²) in [5, 5.41) is 20.8. The minimum Gasteiger partial charge on any atom is -0.409 e. The largest absolute Gasteiger partial charge is 0.409 e. The molecule has 7 nitrogen and oxygen atoms in total. The molecule has 1 aromatic heterocycles. The number of pyridine rings is 1. The number of ether oxygens (including phenoxy) is 1. The Bertz CT molecular complexity index is 499. The highest BCUT2D eigenvalue weighted by molar-refractivity contribution is 6.02. The van der Waals surface area contributed by atoms with E-state index in [1.807, 2.05) is 13.0 Å². The molecule has 21 heavy (non-hydrogen) atoms. The van der Waals surface area contributed by atoms with Crippen LogP contribution < -0.4 is 10.6 Å². The maximum atomic E-state index is 8.95. The van der Waals surface area contributed by atoms with Crippen LogP contribution >= 0.6 is 0 Å². The smallest absolute Gasteiger partial charge is 0.174 e. The summed E-state index contributed by atoms with van der Waals surface area (Å²) in [6, 6.07) is 1.84. The molecule has 2 rings (SSSR count). The number of nitrogens with zero attached hydrogens (tertiary/aromatic N) is 3. The van der Waals surface area contributed by atoms with E-state index in [1.165, 1.54) is 0 Å². The molecular formula is C14H22N4O3. The molecule has 4 N–H and O–H groups in total. The maximum absolute atomic E-state index is 8.95. The van der Waals surface area contributed by atoms with Crippen molar-refractivity contribution >= 4 is 11.7 Å². The third-order valence-electron chi connectivity index (χ3n) is 3.69. The molecule has 0 aromatic carbocycles. The van der Waals surface area contributed by atoms with Crippen molar-refractivity contribution in [1.29, 1.82) is 0 Å². The second-order valence-electron chi connectivity index (χ2n) is 5.09. The molecule has 1 aromatic rings. The van der Waals surface area contributed by atoms with Crippen LogP contribution in [0.25, 0.3) is 0 Å². The van der Waals surface area contributed by atoms with Gasteiger partial charge in [0.2, 0.25) is 0 Å². The van der Waals surface area contributed by atoms with Gasteiger partial charge in [-0.15, -0.1) is 0 Å². The van der Waals surface area contributed by atoms with Crippen molar-refractivity contribution in [3.05, 3.63) is 23.4 Å². The molecule has 0 spiro atoms. The summed E-state index contributed by atoms with van der Waals surface area (Å²) >= 11 is 0. The molecule has 1 fully saturated rings. The van der Waals surface area contributed by atoms with Crippen LogP contribution in [0.4, 0.5) is 5.82 Å². The molecule has 0 radical (unpaired) electrons. The van der Waals surface area contributed by atoms with Crippen LogP contribution in [-0.4, -0.2) is 53.5 Å². The Labute approximate surface area is 124 Å². The Kier molecular flexibility index (Phi) is 5.35. The van der Waals surface area contributed by atoms with Gasteiger partial charge in [0.25, 0.3) is 0 Å². The van der Waals surface area contributed by atoms with Crippen molar-refractivity contribution in [2.75, 3.05) is 31.2 Å². The number of amidine groups is 1. The third kappa shape index (κ3) is 3.62. The highest BCUT2D eigenvalue weighted by Gasteiger charge is 2.24. The van der Waals surface area contributed by atoms with Gasteiger partial charge in [0.15, 0.2) is 5.84 Å². The fourth-order valence-corrected chi connectivity index (χ4v) is 2.60. The summed E-state index contributed by atoms with van der Waals surface area (Å²) in [7, 11) is 0. The molecule has 0 unspecified atom stereocenters. The standard InChI is InChI=1S/C14H22N4O3/c1-10-2-5-16-14(12(10)13(15)17-20)18-6-3-11(4-7-18)21-9-8-19/h2,5,11,19-20H,3-4,6-9H2,1H3,(H2,15,17). The van der Waals surface area contributed by atoms with Gasteiger partial charge in [-0.25, -0.2) is 4.98 Å². The van der Waals surface area contributed by atoms with E-state index < -0.39 is 0 Å². The predicted molar refractivity (Wildman–Crippen MR) is 79.8 cm³/mol. The molecule has 1 aliphatic rings. The van der Waals surface area contributed by atoms with Crippen molar-refractivity contribution in [3.63, 3.8) is 0 Å². The van der Waals surface area contributed by atoms with Crippen molar-refractivity contribution in [3.8, 4) is 0 Å². The van der Waals surface area contributed by atoms with E-state index in [-0.39, 0.29) is 18.5 Å². The Morgan fingerprint density at radius 2 is 2.24 bits per heavy atom. The predicted octanol–water partition coefficient (Wildman–Crippen LogP) is 0.462. The first-order chi connectivity index (χ1) is 10.2. The fourth-order valence-electron chi connectivity index (χ4n) is 2.60. The highest BCUT2D eigenvalue weighted by atomic mass is 16.5. The van der Waals surface area contributed by atoms with Crippen LogP contribution in [0, 0.1) is 6.92 Å². The lowest BCUT2D eigenvalue weighted by Crippen LogP contribution is -2.39. The first-order valence-electron chi connectivity index (χ1n) is 7.08. The molecule has 7 heteroatoms. The average Bonchev–Trinajstić information content (AvgIpc) is 2.52. The fraction of sp³-hybridized carbons (Fsp3) is 0.571. The van der Waals surface area contributed by atoms with Gasteiger partial charge in [0.1, 0.15) is 5.82 Å². The summed E-state index contributed by atoms with van der Waals surface area (Å²) in [6.45, 7) is 3.92. The molecule has 0 atom stereocenters. The zero-order valence-electron chi connectivity index (χ0n) is 12.2. The molecule has 0 saturated carbocycles. The van der Waals surface area contributed by atoms with Crippen LogP contribution in [0.2, 0.25) is 0 Å². The molecular weight excluding hydrogens is 272 g/mol. The van der Waals surface area contributed by atoms with Crippen molar-refractivity contribution in [1.82, 2.24) is 4.98 Å². The Hall–Kier alpha value is -1.86. The SMILES string of the molecule is Cc1ccnc(N2CCC(OCCO)CC2)c1/C(N)=N/O. The third-order valence-corrected chi connectivity index (χ3v) is 3.69. The van der Waals surface area contributed by atoms with Crippen LogP contribution in [0.5, 0.6) is 0 Å². The van der Waals surface area contributed by atoms with E-state index in [2.05, 4.69) is 15.0 Å². The minimum atomic E-state index is 0.0489. The van der Waals surface area contributed by atoms with Crippen LogP contribution in [0.3, 0.4) is 0 Å². The Balaban J connectivity index is 2.12. The van der Waals surface area contributed by atoms with Crippen molar-refractivity contribution in [2.45, 2.75) is 25.9 Å². The molecule has 0 amide bonds. The van der Waals surface area contributed by atoms with Gasteiger partial charge in [-0.2, -0.15) is 0 Å². The monoisotopic (exact) mass is 294 g/mol. The lowest BCUT2D eigenvalue weighted by Gasteiger charge is -2.33. The van der Waals surface area contributed by atoms with Crippen LogP contribution in [-0.2, 0) is 4.74 Å².